The first kappa shape index (κ1) is 20.4. The third kappa shape index (κ3) is 7.32. The summed E-state index contributed by atoms with van der Waals surface area (Å²) in [6.07, 6.45) is 9.17. The normalized spacial score (nSPS) is 11.8. The molecule has 0 aliphatic carbocycles. The zero-order valence-corrected chi connectivity index (χ0v) is 17.6. The second-order valence-electron chi connectivity index (χ2n) is 7.43. The fraction of sp³-hybridized carbons (Fsp3) is 0.259. The van der Waals surface area contributed by atoms with Crippen LogP contribution in [0.1, 0.15) is 36.0 Å². The van der Waals surface area contributed by atoms with Crippen LogP contribution in [0.15, 0.2) is 103 Å². The highest BCUT2D eigenvalue weighted by Gasteiger charge is 2.06. The van der Waals surface area contributed by atoms with Crippen LogP contribution in [0.4, 0.5) is 0 Å². The van der Waals surface area contributed by atoms with Gasteiger partial charge in [-0.1, -0.05) is 103 Å². The molecule has 0 saturated carbocycles. The van der Waals surface area contributed by atoms with Crippen LogP contribution in [0.3, 0.4) is 0 Å². The summed E-state index contributed by atoms with van der Waals surface area (Å²) in [6.45, 7) is 0. The lowest BCUT2D eigenvalue weighted by atomic mass is 9.96. The highest BCUT2D eigenvalue weighted by atomic mass is 28.1. The minimum absolute atomic E-state index is 0.418. The molecule has 0 bridgehead atoms. The number of rotatable bonds is 10. The molecule has 0 heterocycles. The van der Waals surface area contributed by atoms with Crippen LogP contribution in [0, 0.1) is 0 Å². The van der Waals surface area contributed by atoms with E-state index in [1.54, 1.807) is 5.57 Å². The van der Waals surface area contributed by atoms with E-state index < -0.39 is 0 Å². The van der Waals surface area contributed by atoms with Gasteiger partial charge in [-0.3, -0.25) is 0 Å². The van der Waals surface area contributed by atoms with Crippen molar-refractivity contribution in [3.8, 4) is 0 Å². The van der Waals surface area contributed by atoms with Gasteiger partial charge in [0.15, 0.2) is 0 Å². The molecule has 0 spiro atoms. The Bertz CT molecular complexity index is 776. The summed E-state index contributed by atoms with van der Waals surface area (Å²) in [7, 11) is 3.97. The van der Waals surface area contributed by atoms with Gasteiger partial charge in [0, 0.05) is 10.2 Å². The Labute approximate surface area is 173 Å². The molecule has 3 aromatic rings. The lowest BCUT2D eigenvalue weighted by Gasteiger charge is -2.13. The third-order valence-corrected chi connectivity index (χ3v) is 5.63. The van der Waals surface area contributed by atoms with Gasteiger partial charge in [0.05, 0.1) is 0 Å². The zero-order valence-electron chi connectivity index (χ0n) is 16.6. The van der Waals surface area contributed by atoms with Crippen molar-refractivity contribution in [3.63, 3.8) is 0 Å². The summed E-state index contributed by atoms with van der Waals surface area (Å²) < 4.78 is 0. The van der Waals surface area contributed by atoms with Crippen LogP contribution in [0.2, 0.25) is 5.54 Å². The van der Waals surface area contributed by atoms with Gasteiger partial charge in [-0.05, 0) is 60.8 Å². The molecule has 0 fully saturated rings. The van der Waals surface area contributed by atoms with E-state index in [1.807, 2.05) is 0 Å². The number of benzene rings is 3. The highest BCUT2D eigenvalue weighted by molar-refractivity contribution is 6.12. The molecule has 0 aliphatic heterocycles. The predicted molar refractivity (Wildman–Crippen MR) is 122 cm³/mol. The molecule has 28 heavy (non-hydrogen) atoms. The van der Waals surface area contributed by atoms with Gasteiger partial charge < -0.3 is 0 Å². The van der Waals surface area contributed by atoms with Gasteiger partial charge in [-0.25, -0.2) is 0 Å². The first-order chi connectivity index (χ1) is 13.8. The molecule has 141 valence electrons. The summed E-state index contributed by atoms with van der Waals surface area (Å²) in [5, 5.41) is 0. The summed E-state index contributed by atoms with van der Waals surface area (Å²) in [6, 6.07) is 32.4. The molecule has 0 saturated heterocycles. The maximum Gasteiger partial charge on any atom is 0.0323 e. The van der Waals surface area contributed by atoms with Gasteiger partial charge in [0.25, 0.3) is 0 Å². The molecule has 1 unspecified atom stereocenters. The van der Waals surface area contributed by atoms with E-state index in [2.05, 4.69) is 107 Å². The van der Waals surface area contributed by atoms with Gasteiger partial charge in [-0.15, -0.1) is 0 Å². The van der Waals surface area contributed by atoms with Crippen LogP contribution < -0.4 is 0 Å². The van der Waals surface area contributed by atoms with Gasteiger partial charge in [0.2, 0.25) is 0 Å². The number of aryl methyl sites for hydroxylation is 3. The van der Waals surface area contributed by atoms with Crippen molar-refractivity contribution >= 4 is 10.2 Å². The molecule has 1 atom stereocenters. The maximum absolute atomic E-state index is 3.97. The minimum atomic E-state index is 0.418. The van der Waals surface area contributed by atoms with Gasteiger partial charge in [0.1, 0.15) is 0 Å². The standard InChI is InChI=1S/C27H29Si/c28-27(21-20-25-14-8-3-9-15-25)22-26(18-16-23-10-4-1-5-11-23)19-17-24-12-6-2-7-13-24/h1-15,22,27H,16-21H2. The molecule has 0 aliphatic rings. The lowest BCUT2D eigenvalue weighted by molar-refractivity contribution is 0.792. The van der Waals surface area contributed by atoms with Crippen molar-refractivity contribution in [1.82, 2.24) is 0 Å². The van der Waals surface area contributed by atoms with E-state index in [9.17, 15) is 0 Å². The number of hydrogen-bond donors (Lipinski definition) is 0. The van der Waals surface area contributed by atoms with E-state index >= 15 is 0 Å². The fourth-order valence-electron chi connectivity index (χ4n) is 3.53. The van der Waals surface area contributed by atoms with Gasteiger partial charge >= 0.3 is 0 Å². The van der Waals surface area contributed by atoms with E-state index in [0.29, 0.717) is 5.54 Å². The maximum atomic E-state index is 3.97. The highest BCUT2D eigenvalue weighted by Crippen LogP contribution is 2.22. The van der Waals surface area contributed by atoms with Crippen LogP contribution in [0.5, 0.6) is 0 Å². The summed E-state index contributed by atoms with van der Waals surface area (Å²) >= 11 is 0. The summed E-state index contributed by atoms with van der Waals surface area (Å²) in [4.78, 5) is 0. The second-order valence-corrected chi connectivity index (χ2v) is 8.17. The van der Waals surface area contributed by atoms with E-state index in [-0.39, 0.29) is 0 Å². The SMILES string of the molecule is [Si]C(C=C(CCc1ccccc1)CCc1ccccc1)CCc1ccccc1. The quantitative estimate of drug-likeness (QED) is 0.268. The average molecular weight is 382 g/mol. The van der Waals surface area contributed by atoms with E-state index in [0.717, 1.165) is 38.5 Å². The molecule has 0 aromatic heterocycles. The Morgan fingerprint density at radius 2 is 1.00 bits per heavy atom. The van der Waals surface area contributed by atoms with Crippen LogP contribution in [0.25, 0.3) is 0 Å². The first-order valence-electron chi connectivity index (χ1n) is 10.3. The van der Waals surface area contributed by atoms with Crippen molar-refractivity contribution in [3.05, 3.63) is 119 Å². The van der Waals surface area contributed by atoms with Crippen molar-refractivity contribution in [2.75, 3.05) is 0 Å². The number of hydrogen-bond acceptors (Lipinski definition) is 0. The van der Waals surface area contributed by atoms with Crippen LogP contribution >= 0.6 is 0 Å². The van der Waals surface area contributed by atoms with Crippen LogP contribution in [-0.4, -0.2) is 10.2 Å². The first-order valence-corrected chi connectivity index (χ1v) is 10.9. The second kappa shape index (κ2) is 11.5. The van der Waals surface area contributed by atoms with Crippen molar-refractivity contribution in [2.45, 2.75) is 44.1 Å². The molecule has 0 amide bonds. The zero-order chi connectivity index (χ0) is 19.4. The molecule has 0 N–H and O–H groups in total. The lowest BCUT2D eigenvalue weighted by Crippen LogP contribution is -1.98. The third-order valence-electron chi connectivity index (χ3n) is 5.18. The smallest absolute Gasteiger partial charge is 0.0323 e. The minimum Gasteiger partial charge on any atom is -0.0856 e. The Hall–Kier alpha value is -2.38. The summed E-state index contributed by atoms with van der Waals surface area (Å²) in [5.74, 6) is 0. The average Bonchev–Trinajstić information content (AvgIpc) is 2.76. The van der Waals surface area contributed by atoms with Crippen molar-refractivity contribution in [2.24, 2.45) is 0 Å². The molecule has 0 nitrogen and oxygen atoms in total. The Morgan fingerprint density at radius 3 is 1.43 bits per heavy atom. The van der Waals surface area contributed by atoms with Gasteiger partial charge in [-0.2, -0.15) is 0 Å². The Kier molecular flexibility index (Phi) is 8.33. The largest absolute Gasteiger partial charge is 0.0856 e. The van der Waals surface area contributed by atoms with E-state index in [4.69, 9.17) is 0 Å². The molecular formula is C27H29Si. The molecule has 3 rings (SSSR count). The van der Waals surface area contributed by atoms with Crippen LogP contribution in [-0.2, 0) is 19.3 Å². The summed E-state index contributed by atoms with van der Waals surface area (Å²) in [5.41, 5.74) is 6.22. The molecule has 3 aromatic carbocycles. The van der Waals surface area contributed by atoms with Crippen molar-refractivity contribution in [1.29, 1.82) is 0 Å². The molecule has 3 radical (unpaired) electrons. The number of allylic oxidation sites excluding steroid dienone is 2. The molecule has 1 heteroatoms. The van der Waals surface area contributed by atoms with E-state index in [1.165, 1.54) is 16.7 Å². The Morgan fingerprint density at radius 1 is 0.607 bits per heavy atom. The monoisotopic (exact) mass is 381 g/mol. The Balaban J connectivity index is 1.60. The van der Waals surface area contributed by atoms with Crippen molar-refractivity contribution < 1.29 is 0 Å². The topological polar surface area (TPSA) is 0 Å². The fourth-order valence-corrected chi connectivity index (χ4v) is 3.91. The molecular weight excluding hydrogens is 352 g/mol. The predicted octanol–water partition coefficient (Wildman–Crippen LogP) is 6.77.